The molecule has 64 valence electrons. The van der Waals surface area contributed by atoms with Crippen LogP contribution in [0.5, 0.6) is 0 Å². The molecule has 0 amide bonds. The molecule has 11 heavy (non-hydrogen) atoms. The fourth-order valence-electron chi connectivity index (χ4n) is 0.564. The molecule has 0 fully saturated rings. The van der Waals surface area contributed by atoms with Crippen LogP contribution in [0.3, 0.4) is 0 Å². The molecule has 0 aromatic carbocycles. The number of aliphatic hydroxyl groups excluding tert-OH is 2. The van der Waals surface area contributed by atoms with E-state index < -0.39 is 6.10 Å². The first kappa shape index (κ1) is 10.4. The highest BCUT2D eigenvalue weighted by Crippen LogP contribution is 1.93. The van der Waals surface area contributed by atoms with E-state index in [9.17, 15) is 0 Å². The Kier molecular flexibility index (Phi) is 7.05. The lowest BCUT2D eigenvalue weighted by Gasteiger charge is -2.10. The molecule has 2 N–H and O–H groups in total. The van der Waals surface area contributed by atoms with Gasteiger partial charge < -0.3 is 14.9 Å². The summed E-state index contributed by atoms with van der Waals surface area (Å²) in [5, 5.41) is 25.2. The van der Waals surface area contributed by atoms with E-state index in [4.69, 9.17) is 20.2 Å². The molecule has 0 bridgehead atoms. The summed E-state index contributed by atoms with van der Waals surface area (Å²) >= 11 is 0. The number of hydrogen-bond acceptors (Lipinski definition) is 4. The highest BCUT2D eigenvalue weighted by Gasteiger charge is 2.03. The normalized spacial score (nSPS) is 10.0. The second-order valence-corrected chi connectivity index (χ2v) is 2.12. The molecule has 0 aromatic rings. The van der Waals surface area contributed by atoms with Gasteiger partial charge in [0, 0.05) is 13.0 Å². The fourth-order valence-corrected chi connectivity index (χ4v) is 0.564. The Labute approximate surface area is 66.0 Å². The molecule has 0 atom stereocenters. The second-order valence-electron chi connectivity index (χ2n) is 2.12. The van der Waals surface area contributed by atoms with Crippen molar-refractivity contribution in [3.8, 4) is 6.07 Å². The molecule has 0 heterocycles. The number of ether oxygens (including phenoxy) is 1. The van der Waals surface area contributed by atoms with Crippen molar-refractivity contribution in [1.82, 2.24) is 0 Å². The molecule has 0 saturated heterocycles. The van der Waals surface area contributed by atoms with E-state index in [1.807, 2.05) is 6.07 Å². The summed E-state index contributed by atoms with van der Waals surface area (Å²) < 4.78 is 4.99. The first-order chi connectivity index (χ1) is 5.35. The van der Waals surface area contributed by atoms with E-state index in [1.165, 1.54) is 0 Å². The number of nitriles is 1. The van der Waals surface area contributed by atoms with E-state index in [0.717, 1.165) is 0 Å². The van der Waals surface area contributed by atoms with Crippen molar-refractivity contribution in [2.75, 3.05) is 19.8 Å². The van der Waals surface area contributed by atoms with Crippen LogP contribution in [-0.2, 0) is 4.74 Å². The van der Waals surface area contributed by atoms with Crippen LogP contribution in [0.25, 0.3) is 0 Å². The van der Waals surface area contributed by atoms with Crippen LogP contribution in [-0.4, -0.2) is 36.1 Å². The molecule has 0 spiro atoms. The van der Waals surface area contributed by atoms with Gasteiger partial charge in [-0.15, -0.1) is 0 Å². The summed E-state index contributed by atoms with van der Waals surface area (Å²) in [5.41, 5.74) is 0. The Balaban J connectivity index is 3.16. The van der Waals surface area contributed by atoms with Gasteiger partial charge in [0.15, 0.2) is 0 Å². The third-order valence-electron chi connectivity index (χ3n) is 1.19. The minimum absolute atomic E-state index is 0.178. The van der Waals surface area contributed by atoms with E-state index in [2.05, 4.69) is 0 Å². The van der Waals surface area contributed by atoms with E-state index in [1.54, 1.807) is 0 Å². The lowest BCUT2D eigenvalue weighted by atomic mass is 10.3. The van der Waals surface area contributed by atoms with Gasteiger partial charge >= 0.3 is 0 Å². The number of rotatable bonds is 6. The summed E-state index contributed by atoms with van der Waals surface area (Å²) in [7, 11) is 0. The van der Waals surface area contributed by atoms with Crippen LogP contribution in [0, 0.1) is 11.3 Å². The largest absolute Gasteiger partial charge is 0.394 e. The van der Waals surface area contributed by atoms with Crippen molar-refractivity contribution in [2.24, 2.45) is 0 Å². The average Bonchev–Trinajstić information content (AvgIpc) is 2.05. The zero-order chi connectivity index (χ0) is 8.53. The minimum Gasteiger partial charge on any atom is -0.394 e. The minimum atomic E-state index is -0.492. The zero-order valence-corrected chi connectivity index (χ0v) is 6.36. The number of hydrogen-bond donors (Lipinski definition) is 2. The van der Waals surface area contributed by atoms with Gasteiger partial charge in [-0.05, 0) is 6.42 Å². The van der Waals surface area contributed by atoms with Crippen molar-refractivity contribution >= 4 is 0 Å². The molecule has 0 aromatic heterocycles. The highest BCUT2D eigenvalue weighted by molar-refractivity contribution is 4.67. The smallest absolute Gasteiger partial charge is 0.104 e. The number of nitrogens with zero attached hydrogens (tertiary/aromatic N) is 1. The van der Waals surface area contributed by atoms with E-state index in [-0.39, 0.29) is 13.2 Å². The summed E-state index contributed by atoms with van der Waals surface area (Å²) in [6, 6.07) is 1.97. The van der Waals surface area contributed by atoms with Crippen LogP contribution in [0.1, 0.15) is 12.8 Å². The van der Waals surface area contributed by atoms with Crippen LogP contribution >= 0.6 is 0 Å². The lowest BCUT2D eigenvalue weighted by Crippen LogP contribution is -2.22. The fraction of sp³-hybridized carbons (Fsp3) is 0.857. The first-order valence-electron chi connectivity index (χ1n) is 3.55. The first-order valence-corrected chi connectivity index (χ1v) is 3.55. The summed E-state index contributed by atoms with van der Waals surface area (Å²) in [5.74, 6) is 0. The maximum Gasteiger partial charge on any atom is 0.104 e. The molecule has 0 saturated carbocycles. The Hall–Kier alpha value is -0.630. The molecular weight excluding hydrogens is 146 g/mol. The van der Waals surface area contributed by atoms with Crippen molar-refractivity contribution in [2.45, 2.75) is 18.9 Å². The highest BCUT2D eigenvalue weighted by atomic mass is 16.5. The molecule has 0 rings (SSSR count). The average molecular weight is 159 g/mol. The molecule has 0 aliphatic heterocycles. The zero-order valence-electron chi connectivity index (χ0n) is 6.36. The van der Waals surface area contributed by atoms with E-state index in [0.29, 0.717) is 19.4 Å². The Bertz CT molecular complexity index is 117. The predicted octanol–water partition coefficient (Wildman–Crippen LogP) is -0.340. The third kappa shape index (κ3) is 5.80. The maximum absolute atomic E-state index is 8.53. The Morgan fingerprint density at radius 1 is 1.36 bits per heavy atom. The lowest BCUT2D eigenvalue weighted by molar-refractivity contribution is -0.0200. The van der Waals surface area contributed by atoms with Crippen molar-refractivity contribution in [3.63, 3.8) is 0 Å². The molecule has 0 radical (unpaired) electrons. The quantitative estimate of drug-likeness (QED) is 0.520. The Morgan fingerprint density at radius 2 is 2.00 bits per heavy atom. The second kappa shape index (κ2) is 7.48. The monoisotopic (exact) mass is 159 g/mol. The maximum atomic E-state index is 8.53. The summed E-state index contributed by atoms with van der Waals surface area (Å²) in [4.78, 5) is 0. The van der Waals surface area contributed by atoms with Gasteiger partial charge in [-0.3, -0.25) is 0 Å². The van der Waals surface area contributed by atoms with Crippen LogP contribution in [0.2, 0.25) is 0 Å². The van der Waals surface area contributed by atoms with Crippen LogP contribution in [0.4, 0.5) is 0 Å². The molecule has 4 nitrogen and oxygen atoms in total. The predicted molar refractivity (Wildman–Crippen MR) is 38.8 cm³/mol. The van der Waals surface area contributed by atoms with Crippen LogP contribution < -0.4 is 0 Å². The standard InChI is InChI=1S/C7H13NO3/c8-3-1-2-4-11-7(5-9)6-10/h7,9-10H,1-2,4-6H2. The SMILES string of the molecule is N#CCCCOC(CO)CO. The number of unbranched alkanes of at least 4 members (excludes halogenated alkanes) is 1. The van der Waals surface area contributed by atoms with Gasteiger partial charge in [-0.25, -0.2) is 0 Å². The van der Waals surface area contributed by atoms with Gasteiger partial charge in [0.05, 0.1) is 19.3 Å². The molecule has 0 aliphatic rings. The Morgan fingerprint density at radius 3 is 2.45 bits per heavy atom. The molecule has 0 aliphatic carbocycles. The topological polar surface area (TPSA) is 73.5 Å². The van der Waals surface area contributed by atoms with Gasteiger partial charge in [-0.2, -0.15) is 5.26 Å². The summed E-state index contributed by atoms with van der Waals surface area (Å²) in [6.45, 7) is 0.0610. The van der Waals surface area contributed by atoms with Gasteiger partial charge in [0.25, 0.3) is 0 Å². The van der Waals surface area contributed by atoms with Crippen LogP contribution in [0.15, 0.2) is 0 Å². The molecule has 4 heteroatoms. The van der Waals surface area contributed by atoms with Gasteiger partial charge in [0.1, 0.15) is 6.10 Å². The van der Waals surface area contributed by atoms with Crippen molar-refractivity contribution < 1.29 is 14.9 Å². The number of aliphatic hydroxyl groups is 2. The summed E-state index contributed by atoms with van der Waals surface area (Å²) in [6.07, 6.45) is 0.602. The third-order valence-corrected chi connectivity index (χ3v) is 1.19. The van der Waals surface area contributed by atoms with E-state index >= 15 is 0 Å². The van der Waals surface area contributed by atoms with Crippen molar-refractivity contribution in [3.05, 3.63) is 0 Å². The van der Waals surface area contributed by atoms with Gasteiger partial charge in [0.2, 0.25) is 0 Å². The molecular formula is C7H13NO3. The van der Waals surface area contributed by atoms with Crippen molar-refractivity contribution in [1.29, 1.82) is 5.26 Å². The van der Waals surface area contributed by atoms with Gasteiger partial charge in [-0.1, -0.05) is 0 Å². The molecule has 0 unspecified atom stereocenters.